The van der Waals surface area contributed by atoms with Crippen LogP contribution >= 0.6 is 0 Å². The number of nitrogens with zero attached hydrogens (tertiary/aromatic N) is 2. The highest BCUT2D eigenvalue weighted by Crippen LogP contribution is 2.29. The van der Waals surface area contributed by atoms with Gasteiger partial charge in [0.05, 0.1) is 16.3 Å². The zero-order chi connectivity index (χ0) is 26.8. The first-order valence-electron chi connectivity index (χ1n) is 12.0. The van der Waals surface area contributed by atoms with Crippen LogP contribution in [-0.4, -0.2) is 32.5 Å². The molecule has 0 saturated carbocycles. The van der Waals surface area contributed by atoms with Crippen molar-refractivity contribution in [1.29, 1.82) is 0 Å². The van der Waals surface area contributed by atoms with E-state index >= 15 is 0 Å². The van der Waals surface area contributed by atoms with Crippen LogP contribution in [0.5, 0.6) is 0 Å². The average molecular weight is 519 g/mol. The Balaban J connectivity index is 1.62. The SMILES string of the molecule is CCC(C)(C)c1ccc(S(=O)(=O)N(CC(=O)N/N=C2\C(=O)Nc3ccccc32)c2ccc(C)cc2)cc1. The third-order valence-corrected chi connectivity index (χ3v) is 8.44. The van der Waals surface area contributed by atoms with Gasteiger partial charge >= 0.3 is 0 Å². The maximum atomic E-state index is 13.7. The molecular formula is C28H30N4O4S. The van der Waals surface area contributed by atoms with Gasteiger partial charge in [-0.2, -0.15) is 5.10 Å². The van der Waals surface area contributed by atoms with Crippen molar-refractivity contribution in [3.05, 3.63) is 89.5 Å². The first-order valence-corrected chi connectivity index (χ1v) is 13.4. The number of benzene rings is 3. The number of sulfonamides is 1. The van der Waals surface area contributed by atoms with E-state index in [0.717, 1.165) is 21.9 Å². The number of amides is 2. The molecule has 3 aromatic carbocycles. The number of hydrogen-bond acceptors (Lipinski definition) is 5. The van der Waals surface area contributed by atoms with Crippen molar-refractivity contribution in [2.45, 2.75) is 44.4 Å². The smallest absolute Gasteiger partial charge is 0.276 e. The zero-order valence-electron chi connectivity index (χ0n) is 21.3. The van der Waals surface area contributed by atoms with E-state index in [1.54, 1.807) is 60.7 Å². The number of aryl methyl sites for hydroxylation is 1. The molecule has 8 nitrogen and oxygen atoms in total. The molecule has 0 aliphatic carbocycles. The van der Waals surface area contributed by atoms with Gasteiger partial charge in [-0.05, 0) is 54.7 Å². The molecular weight excluding hydrogens is 488 g/mol. The molecule has 4 rings (SSSR count). The van der Waals surface area contributed by atoms with Crippen molar-refractivity contribution in [2.75, 3.05) is 16.2 Å². The van der Waals surface area contributed by atoms with Crippen LogP contribution in [0.25, 0.3) is 0 Å². The second kappa shape index (κ2) is 10.2. The molecule has 0 saturated heterocycles. The molecule has 0 aromatic heterocycles. The Bertz CT molecular complexity index is 1460. The molecule has 1 aliphatic heterocycles. The number of carbonyl (C=O) groups is 2. The zero-order valence-corrected chi connectivity index (χ0v) is 22.1. The van der Waals surface area contributed by atoms with Gasteiger partial charge in [0.1, 0.15) is 6.54 Å². The first kappa shape index (κ1) is 26.1. The largest absolute Gasteiger partial charge is 0.320 e. The Morgan fingerprint density at radius 1 is 1.00 bits per heavy atom. The third-order valence-electron chi connectivity index (χ3n) is 6.65. The molecule has 1 aliphatic rings. The molecule has 2 amide bonds. The number of anilines is 2. The molecule has 3 aromatic rings. The lowest BCUT2D eigenvalue weighted by Gasteiger charge is -2.26. The summed E-state index contributed by atoms with van der Waals surface area (Å²) in [6, 6.07) is 20.6. The van der Waals surface area contributed by atoms with Crippen LogP contribution in [0, 0.1) is 6.92 Å². The summed E-state index contributed by atoms with van der Waals surface area (Å²) in [6.45, 7) is 7.66. The number of hydrazone groups is 1. The van der Waals surface area contributed by atoms with Crippen molar-refractivity contribution >= 4 is 38.9 Å². The predicted octanol–water partition coefficient (Wildman–Crippen LogP) is 4.35. The maximum absolute atomic E-state index is 13.7. The minimum Gasteiger partial charge on any atom is -0.320 e. The highest BCUT2D eigenvalue weighted by atomic mass is 32.2. The van der Waals surface area contributed by atoms with Gasteiger partial charge in [-0.15, -0.1) is 0 Å². The molecule has 2 N–H and O–H groups in total. The minimum absolute atomic E-state index is 0.0582. The van der Waals surface area contributed by atoms with Gasteiger partial charge in [-0.25, -0.2) is 13.8 Å². The lowest BCUT2D eigenvalue weighted by atomic mass is 9.82. The molecule has 1 heterocycles. The molecule has 0 atom stereocenters. The fraction of sp³-hybridized carbons (Fsp3) is 0.250. The summed E-state index contributed by atoms with van der Waals surface area (Å²) in [4.78, 5) is 25.3. The van der Waals surface area contributed by atoms with E-state index < -0.39 is 28.4 Å². The third kappa shape index (κ3) is 5.41. The highest BCUT2D eigenvalue weighted by molar-refractivity contribution is 7.92. The van der Waals surface area contributed by atoms with E-state index in [2.05, 4.69) is 36.6 Å². The Morgan fingerprint density at radius 2 is 1.65 bits per heavy atom. The van der Waals surface area contributed by atoms with E-state index in [4.69, 9.17) is 0 Å². The molecule has 0 spiro atoms. The van der Waals surface area contributed by atoms with Crippen molar-refractivity contribution in [2.24, 2.45) is 5.10 Å². The van der Waals surface area contributed by atoms with Crippen LogP contribution in [0.1, 0.15) is 43.9 Å². The number of rotatable bonds is 8. The second-order valence-corrected chi connectivity index (χ2v) is 11.5. The standard InChI is InChI=1S/C28H30N4O4S/c1-5-28(3,4)20-12-16-22(17-13-20)37(35,36)32(21-14-10-19(2)11-15-21)18-25(33)30-31-26-23-8-6-7-9-24(23)29-27(26)34/h6-17H,5,18H2,1-4H3,(H,30,33)(H,29,31,34). The van der Waals surface area contributed by atoms with Gasteiger partial charge < -0.3 is 5.32 Å². The van der Waals surface area contributed by atoms with Gasteiger partial charge in [0.25, 0.3) is 21.8 Å². The summed E-state index contributed by atoms with van der Waals surface area (Å²) < 4.78 is 28.5. The van der Waals surface area contributed by atoms with Gasteiger partial charge in [-0.3, -0.25) is 13.9 Å². The van der Waals surface area contributed by atoms with Crippen LogP contribution < -0.4 is 15.0 Å². The monoisotopic (exact) mass is 518 g/mol. The summed E-state index contributed by atoms with van der Waals surface area (Å²) in [5, 5.41) is 6.67. The van der Waals surface area contributed by atoms with Gasteiger partial charge in [0.2, 0.25) is 0 Å². The lowest BCUT2D eigenvalue weighted by molar-refractivity contribution is -0.119. The van der Waals surface area contributed by atoms with Crippen LogP contribution in [0.2, 0.25) is 0 Å². The Labute approximate surface area is 217 Å². The van der Waals surface area contributed by atoms with Crippen LogP contribution in [-0.2, 0) is 25.0 Å². The van der Waals surface area contributed by atoms with Crippen molar-refractivity contribution in [3.63, 3.8) is 0 Å². The van der Waals surface area contributed by atoms with Crippen molar-refractivity contribution in [1.82, 2.24) is 5.43 Å². The summed E-state index contributed by atoms with van der Waals surface area (Å²) in [5.41, 5.74) is 5.79. The lowest BCUT2D eigenvalue weighted by Crippen LogP contribution is -2.40. The number of carbonyl (C=O) groups excluding carboxylic acids is 2. The van der Waals surface area contributed by atoms with E-state index in [9.17, 15) is 18.0 Å². The number of fused-ring (bicyclic) bond motifs is 1. The number of para-hydroxylation sites is 1. The summed E-state index contributed by atoms with van der Waals surface area (Å²) in [5.74, 6) is -1.13. The molecule has 192 valence electrons. The fourth-order valence-corrected chi connectivity index (χ4v) is 5.35. The minimum atomic E-state index is -4.08. The van der Waals surface area contributed by atoms with E-state index in [0.29, 0.717) is 16.9 Å². The fourth-order valence-electron chi connectivity index (χ4n) is 3.93. The highest BCUT2D eigenvalue weighted by Gasteiger charge is 2.29. The van der Waals surface area contributed by atoms with E-state index in [1.165, 1.54) is 0 Å². The molecule has 0 fully saturated rings. The number of hydrogen-bond donors (Lipinski definition) is 2. The van der Waals surface area contributed by atoms with Crippen LogP contribution in [0.3, 0.4) is 0 Å². The molecule has 0 unspecified atom stereocenters. The molecule has 37 heavy (non-hydrogen) atoms. The van der Waals surface area contributed by atoms with Crippen LogP contribution in [0.15, 0.2) is 82.8 Å². The summed E-state index contributed by atoms with van der Waals surface area (Å²) in [6.07, 6.45) is 0.903. The Morgan fingerprint density at radius 3 is 2.30 bits per heavy atom. The van der Waals surface area contributed by atoms with Gasteiger partial charge in [0, 0.05) is 5.56 Å². The van der Waals surface area contributed by atoms with Crippen LogP contribution in [0.4, 0.5) is 11.4 Å². The Kier molecular flexibility index (Phi) is 7.18. The Hall–Kier alpha value is -3.98. The molecule has 9 heteroatoms. The summed E-state index contributed by atoms with van der Waals surface area (Å²) in [7, 11) is -4.08. The average Bonchev–Trinajstić information content (AvgIpc) is 3.21. The molecule has 0 radical (unpaired) electrons. The second-order valence-electron chi connectivity index (χ2n) is 9.60. The predicted molar refractivity (Wildman–Crippen MR) is 145 cm³/mol. The normalized spacial score (nSPS) is 14.3. The van der Waals surface area contributed by atoms with Gasteiger partial charge in [-0.1, -0.05) is 68.8 Å². The maximum Gasteiger partial charge on any atom is 0.276 e. The topological polar surface area (TPSA) is 108 Å². The van der Waals surface area contributed by atoms with Crippen molar-refractivity contribution in [3.8, 4) is 0 Å². The van der Waals surface area contributed by atoms with Gasteiger partial charge in [0.15, 0.2) is 5.71 Å². The van der Waals surface area contributed by atoms with E-state index in [1.807, 2.05) is 19.1 Å². The summed E-state index contributed by atoms with van der Waals surface area (Å²) >= 11 is 0. The van der Waals surface area contributed by atoms with Crippen molar-refractivity contribution < 1.29 is 18.0 Å². The first-order chi connectivity index (χ1) is 17.5. The van der Waals surface area contributed by atoms with E-state index in [-0.39, 0.29) is 16.0 Å². The quantitative estimate of drug-likeness (QED) is 0.432. The molecule has 0 bridgehead atoms. The number of nitrogens with one attached hydrogen (secondary N) is 2.